The Labute approximate surface area is 123 Å². The van der Waals surface area contributed by atoms with Crippen LogP contribution in [0, 0.1) is 0 Å². The van der Waals surface area contributed by atoms with E-state index < -0.39 is 11.2 Å². The minimum absolute atomic E-state index is 0.191. The van der Waals surface area contributed by atoms with Crippen LogP contribution in [0.4, 0.5) is 0 Å². The van der Waals surface area contributed by atoms with Gasteiger partial charge in [-0.3, -0.25) is 9.78 Å². The number of fused-ring (bicyclic) bond motifs is 1. The Hall–Kier alpha value is -2.66. The third-order valence-corrected chi connectivity index (χ3v) is 3.29. The lowest BCUT2D eigenvalue weighted by Gasteiger charge is -1.99. The van der Waals surface area contributed by atoms with E-state index in [1.54, 1.807) is 24.3 Å². The molecule has 3 rings (SSSR count). The van der Waals surface area contributed by atoms with Crippen molar-refractivity contribution in [1.29, 1.82) is 0 Å². The molecule has 6 heteroatoms. The average Bonchev–Trinajstić information content (AvgIpc) is 2.46. The molecule has 104 valence electrons. The van der Waals surface area contributed by atoms with E-state index in [0.29, 0.717) is 16.2 Å². The number of pyridine rings is 1. The van der Waals surface area contributed by atoms with E-state index in [2.05, 4.69) is 15.0 Å². The molecular weight excluding hydrogens is 290 g/mol. The molecule has 0 saturated heterocycles. The highest BCUT2D eigenvalue weighted by Gasteiger charge is 2.02. The minimum Gasteiger partial charge on any atom is -0.305 e. The van der Waals surface area contributed by atoms with E-state index in [1.807, 2.05) is 24.3 Å². The molecule has 3 aromatic rings. The topological polar surface area (TPSA) is 78.6 Å². The van der Waals surface area contributed by atoms with Crippen LogP contribution in [-0.2, 0) is 0 Å². The molecular formula is C15H10ClN3O2. The average molecular weight is 300 g/mol. The van der Waals surface area contributed by atoms with Gasteiger partial charge in [0.25, 0.3) is 5.56 Å². The van der Waals surface area contributed by atoms with Crippen molar-refractivity contribution in [2.45, 2.75) is 0 Å². The van der Waals surface area contributed by atoms with Crippen LogP contribution in [0.1, 0.15) is 11.3 Å². The zero-order chi connectivity index (χ0) is 14.8. The van der Waals surface area contributed by atoms with Crippen molar-refractivity contribution in [2.75, 3.05) is 0 Å². The van der Waals surface area contributed by atoms with E-state index in [1.165, 1.54) is 0 Å². The summed E-state index contributed by atoms with van der Waals surface area (Å²) in [5.41, 5.74) is 0.987. The van der Waals surface area contributed by atoms with Crippen molar-refractivity contribution in [2.24, 2.45) is 0 Å². The van der Waals surface area contributed by atoms with Gasteiger partial charge in [-0.2, -0.15) is 0 Å². The predicted molar refractivity (Wildman–Crippen MR) is 83.4 cm³/mol. The van der Waals surface area contributed by atoms with Gasteiger partial charge in [-0.05, 0) is 29.8 Å². The Kier molecular flexibility index (Phi) is 3.41. The van der Waals surface area contributed by atoms with Gasteiger partial charge in [0.15, 0.2) is 5.52 Å². The molecule has 21 heavy (non-hydrogen) atoms. The first-order valence-corrected chi connectivity index (χ1v) is 6.57. The van der Waals surface area contributed by atoms with Crippen LogP contribution < -0.4 is 11.2 Å². The highest BCUT2D eigenvalue weighted by Crippen LogP contribution is 2.17. The van der Waals surface area contributed by atoms with Crippen LogP contribution >= 0.6 is 11.6 Å². The second kappa shape index (κ2) is 5.38. The molecule has 0 amide bonds. The summed E-state index contributed by atoms with van der Waals surface area (Å²) in [5, 5.41) is 0.636. The molecule has 2 aromatic heterocycles. The van der Waals surface area contributed by atoms with Gasteiger partial charge >= 0.3 is 5.69 Å². The van der Waals surface area contributed by atoms with Crippen LogP contribution in [0.5, 0.6) is 0 Å². The zero-order valence-corrected chi connectivity index (χ0v) is 11.5. The fourth-order valence-corrected chi connectivity index (χ4v) is 2.14. The van der Waals surface area contributed by atoms with E-state index in [-0.39, 0.29) is 5.52 Å². The number of hydrogen-bond donors (Lipinski definition) is 2. The van der Waals surface area contributed by atoms with Crippen LogP contribution in [-0.4, -0.2) is 15.0 Å². The zero-order valence-electron chi connectivity index (χ0n) is 10.8. The molecule has 0 aliphatic heterocycles. The number of hydrogen-bond acceptors (Lipinski definition) is 3. The van der Waals surface area contributed by atoms with Crippen molar-refractivity contribution in [3.63, 3.8) is 0 Å². The van der Waals surface area contributed by atoms with Crippen molar-refractivity contribution in [3.8, 4) is 0 Å². The van der Waals surface area contributed by atoms with Gasteiger partial charge in [0.2, 0.25) is 0 Å². The second-order valence-corrected chi connectivity index (χ2v) is 4.80. The highest BCUT2D eigenvalue weighted by atomic mass is 35.5. The van der Waals surface area contributed by atoms with Gasteiger partial charge in [0, 0.05) is 5.02 Å². The monoisotopic (exact) mass is 299 g/mol. The Bertz CT molecular complexity index is 957. The lowest BCUT2D eigenvalue weighted by Crippen LogP contribution is -2.22. The summed E-state index contributed by atoms with van der Waals surface area (Å²) in [4.78, 5) is 31.8. The first kappa shape index (κ1) is 13.3. The number of nitrogens with one attached hydrogen (secondary N) is 2. The first-order valence-electron chi connectivity index (χ1n) is 6.19. The smallest absolute Gasteiger partial charge is 0.305 e. The lowest BCUT2D eigenvalue weighted by molar-refractivity contribution is 1.07. The maximum absolute atomic E-state index is 11.7. The summed E-state index contributed by atoms with van der Waals surface area (Å²) in [5.74, 6) is 0. The van der Waals surface area contributed by atoms with Crippen LogP contribution in [0.25, 0.3) is 23.2 Å². The predicted octanol–water partition coefficient (Wildman–Crippen LogP) is 2.44. The SMILES string of the molecule is O=c1[nH]c(=O)c2nc(/C=C/c3ccccc3Cl)ccc2[nH]1. The Morgan fingerprint density at radius 1 is 1.00 bits per heavy atom. The number of aromatic amines is 2. The molecule has 1 aromatic carbocycles. The normalized spacial score (nSPS) is 11.3. The quantitative estimate of drug-likeness (QED) is 0.763. The molecule has 0 unspecified atom stereocenters. The summed E-state index contributed by atoms with van der Waals surface area (Å²) in [7, 11) is 0. The van der Waals surface area contributed by atoms with Crippen molar-refractivity contribution < 1.29 is 0 Å². The third-order valence-electron chi connectivity index (χ3n) is 2.95. The van der Waals surface area contributed by atoms with Crippen LogP contribution in [0.2, 0.25) is 5.02 Å². The third kappa shape index (κ3) is 2.78. The molecule has 0 spiro atoms. The van der Waals surface area contributed by atoms with E-state index in [0.717, 1.165) is 5.56 Å². The summed E-state index contributed by atoms with van der Waals surface area (Å²) in [6, 6.07) is 10.8. The van der Waals surface area contributed by atoms with Gasteiger partial charge < -0.3 is 4.98 Å². The van der Waals surface area contributed by atoms with Crippen molar-refractivity contribution in [1.82, 2.24) is 15.0 Å². The number of aromatic nitrogens is 3. The molecule has 0 bridgehead atoms. The van der Waals surface area contributed by atoms with E-state index in [4.69, 9.17) is 11.6 Å². The largest absolute Gasteiger partial charge is 0.326 e. The Morgan fingerprint density at radius 2 is 1.81 bits per heavy atom. The molecule has 5 nitrogen and oxygen atoms in total. The summed E-state index contributed by atoms with van der Waals surface area (Å²) in [6.45, 7) is 0. The van der Waals surface area contributed by atoms with E-state index >= 15 is 0 Å². The first-order chi connectivity index (χ1) is 10.1. The van der Waals surface area contributed by atoms with Gasteiger partial charge in [-0.25, -0.2) is 9.78 Å². The molecule has 0 atom stereocenters. The summed E-state index contributed by atoms with van der Waals surface area (Å²) >= 11 is 6.06. The molecule has 2 heterocycles. The Morgan fingerprint density at radius 3 is 2.62 bits per heavy atom. The molecule has 2 N–H and O–H groups in total. The van der Waals surface area contributed by atoms with E-state index in [9.17, 15) is 9.59 Å². The fourth-order valence-electron chi connectivity index (χ4n) is 1.94. The van der Waals surface area contributed by atoms with Gasteiger partial charge in [0.1, 0.15) is 0 Å². The van der Waals surface area contributed by atoms with Crippen molar-refractivity contribution >= 4 is 34.8 Å². The number of rotatable bonds is 2. The number of halogens is 1. The maximum atomic E-state index is 11.7. The Balaban J connectivity index is 2.04. The molecule has 0 fully saturated rings. The van der Waals surface area contributed by atoms with Crippen molar-refractivity contribution in [3.05, 3.63) is 73.5 Å². The second-order valence-electron chi connectivity index (χ2n) is 4.40. The standard InChI is InChI=1S/C15H10ClN3O2/c16-11-4-2-1-3-9(11)5-6-10-7-8-12-13(17-10)14(20)19-15(21)18-12/h1-8H,(H2,18,19,20,21)/b6-5+. The molecule has 0 aliphatic carbocycles. The molecule has 0 aliphatic rings. The summed E-state index contributed by atoms with van der Waals surface area (Å²) < 4.78 is 0. The lowest BCUT2D eigenvalue weighted by atomic mass is 10.2. The van der Waals surface area contributed by atoms with Gasteiger partial charge in [-0.15, -0.1) is 0 Å². The highest BCUT2D eigenvalue weighted by molar-refractivity contribution is 6.32. The molecule has 0 saturated carbocycles. The number of H-pyrrole nitrogens is 2. The number of benzene rings is 1. The maximum Gasteiger partial charge on any atom is 0.326 e. The number of nitrogens with zero attached hydrogens (tertiary/aromatic N) is 1. The summed E-state index contributed by atoms with van der Waals surface area (Å²) in [6.07, 6.45) is 3.57. The van der Waals surface area contributed by atoms with Crippen LogP contribution in [0.15, 0.2) is 46.0 Å². The fraction of sp³-hybridized carbons (Fsp3) is 0. The van der Waals surface area contributed by atoms with Crippen LogP contribution in [0.3, 0.4) is 0 Å². The van der Waals surface area contributed by atoms with Gasteiger partial charge in [0.05, 0.1) is 11.2 Å². The molecule has 0 radical (unpaired) electrons. The minimum atomic E-state index is -0.548. The van der Waals surface area contributed by atoms with Gasteiger partial charge in [-0.1, -0.05) is 35.9 Å².